The average Bonchev–Trinajstić information content (AvgIpc) is 2.28. The van der Waals surface area contributed by atoms with E-state index in [4.69, 9.17) is 0 Å². The highest BCUT2D eigenvalue weighted by Crippen LogP contribution is 2.58. The molecule has 4 aliphatic carbocycles. The molecule has 4 bridgehead atoms. The minimum absolute atomic E-state index is 0.181. The molecule has 0 radical (unpaired) electrons. The predicted octanol–water partition coefficient (Wildman–Crippen LogP) is 2.96. The van der Waals surface area contributed by atoms with Gasteiger partial charge in [-0.25, -0.2) is 8.51 Å². The lowest BCUT2D eigenvalue weighted by Crippen LogP contribution is -2.56. The van der Waals surface area contributed by atoms with Gasteiger partial charge in [0.2, 0.25) is 0 Å². The van der Waals surface area contributed by atoms with E-state index < -0.39 is 11.0 Å². The normalized spacial score (nSPS) is 45.5. The molecule has 0 aromatic rings. The van der Waals surface area contributed by atoms with Crippen LogP contribution in [0.15, 0.2) is 0 Å². The summed E-state index contributed by atoms with van der Waals surface area (Å²) in [5, 5.41) is 0. The first-order chi connectivity index (χ1) is 8.16. The van der Waals surface area contributed by atoms with Crippen LogP contribution in [0, 0.1) is 17.8 Å². The fraction of sp³-hybridized carbons (Fsp3) is 1.00. The molecule has 0 saturated heterocycles. The molecule has 0 N–H and O–H groups in total. The van der Waals surface area contributed by atoms with Gasteiger partial charge in [0.05, 0.1) is 4.75 Å². The first-order valence-electron chi connectivity index (χ1n) is 7.33. The Balaban J connectivity index is 1.84. The van der Waals surface area contributed by atoms with Crippen molar-refractivity contribution < 1.29 is 4.21 Å². The van der Waals surface area contributed by atoms with Crippen molar-refractivity contribution >= 4 is 11.0 Å². The molecule has 2 nitrogen and oxygen atoms in total. The summed E-state index contributed by atoms with van der Waals surface area (Å²) in [5.41, 5.74) is 0. The zero-order chi connectivity index (χ0) is 12.0. The summed E-state index contributed by atoms with van der Waals surface area (Å²) < 4.78 is 15.3. The Morgan fingerprint density at radius 3 is 1.76 bits per heavy atom. The van der Waals surface area contributed by atoms with Crippen LogP contribution in [0.2, 0.25) is 0 Å². The van der Waals surface area contributed by atoms with Crippen molar-refractivity contribution in [2.24, 2.45) is 17.8 Å². The Morgan fingerprint density at radius 1 is 1.00 bits per heavy atom. The molecule has 4 fully saturated rings. The van der Waals surface area contributed by atoms with Gasteiger partial charge < -0.3 is 0 Å². The highest BCUT2D eigenvalue weighted by Gasteiger charge is 2.54. The summed E-state index contributed by atoms with van der Waals surface area (Å²) in [6.07, 6.45) is 8.07. The molecular formula is C14H25NOS. The van der Waals surface area contributed by atoms with Crippen LogP contribution < -0.4 is 0 Å². The van der Waals surface area contributed by atoms with Crippen LogP contribution in [0.4, 0.5) is 0 Å². The number of hydrogen-bond donors (Lipinski definition) is 0. The van der Waals surface area contributed by atoms with Gasteiger partial charge >= 0.3 is 0 Å². The fourth-order valence-electron chi connectivity index (χ4n) is 4.98. The van der Waals surface area contributed by atoms with E-state index in [1.165, 1.54) is 38.5 Å². The topological polar surface area (TPSA) is 20.3 Å². The second kappa shape index (κ2) is 4.34. The van der Waals surface area contributed by atoms with Crippen molar-refractivity contribution in [3.63, 3.8) is 0 Å². The van der Waals surface area contributed by atoms with E-state index in [1.54, 1.807) is 0 Å². The van der Waals surface area contributed by atoms with E-state index in [9.17, 15) is 4.21 Å². The largest absolute Gasteiger partial charge is 0.242 e. The SMILES string of the molecule is CCN(CC)S(=O)C12CC3CC(CC(C3)C1)C2. The highest BCUT2D eigenvalue weighted by molar-refractivity contribution is 7.84. The predicted molar refractivity (Wildman–Crippen MR) is 72.0 cm³/mol. The van der Waals surface area contributed by atoms with E-state index in [1.807, 2.05) is 0 Å². The Bertz CT molecular complexity index is 289. The maximum atomic E-state index is 12.9. The van der Waals surface area contributed by atoms with Gasteiger partial charge in [0.25, 0.3) is 0 Å². The van der Waals surface area contributed by atoms with Crippen molar-refractivity contribution in [1.29, 1.82) is 0 Å². The summed E-state index contributed by atoms with van der Waals surface area (Å²) in [6, 6.07) is 0. The van der Waals surface area contributed by atoms with Crippen LogP contribution in [0.5, 0.6) is 0 Å². The fourth-order valence-corrected chi connectivity index (χ4v) is 7.13. The lowest BCUT2D eigenvalue weighted by atomic mass is 9.56. The van der Waals surface area contributed by atoms with E-state index in [0.717, 1.165) is 30.8 Å². The number of hydrogen-bond acceptors (Lipinski definition) is 1. The number of rotatable bonds is 4. The molecule has 17 heavy (non-hydrogen) atoms. The van der Waals surface area contributed by atoms with Crippen molar-refractivity contribution in [2.45, 2.75) is 57.1 Å². The Hall–Kier alpha value is 0.110. The first-order valence-corrected chi connectivity index (χ1v) is 8.44. The quantitative estimate of drug-likeness (QED) is 0.756. The first kappa shape index (κ1) is 12.2. The van der Waals surface area contributed by atoms with Crippen LogP contribution in [0.1, 0.15) is 52.4 Å². The van der Waals surface area contributed by atoms with Crippen LogP contribution in [0.25, 0.3) is 0 Å². The molecule has 3 heteroatoms. The minimum atomic E-state index is -0.729. The van der Waals surface area contributed by atoms with Gasteiger partial charge in [-0.05, 0) is 56.3 Å². The molecule has 0 aromatic heterocycles. The summed E-state index contributed by atoms with van der Waals surface area (Å²) in [7, 11) is -0.729. The average molecular weight is 255 g/mol. The summed E-state index contributed by atoms with van der Waals surface area (Å²) in [5.74, 6) is 2.71. The van der Waals surface area contributed by atoms with E-state index in [0.29, 0.717) is 0 Å². The maximum Gasteiger partial charge on any atom is 0.101 e. The van der Waals surface area contributed by atoms with E-state index in [2.05, 4.69) is 18.2 Å². The third kappa shape index (κ3) is 1.90. The minimum Gasteiger partial charge on any atom is -0.242 e. The van der Waals surface area contributed by atoms with Gasteiger partial charge in [0.15, 0.2) is 0 Å². The van der Waals surface area contributed by atoms with Crippen LogP contribution in [-0.2, 0) is 11.0 Å². The molecule has 1 atom stereocenters. The van der Waals surface area contributed by atoms with Gasteiger partial charge in [0.1, 0.15) is 11.0 Å². The number of nitrogens with zero attached hydrogens (tertiary/aromatic N) is 1. The maximum absolute atomic E-state index is 12.9. The van der Waals surface area contributed by atoms with Crippen molar-refractivity contribution in [3.05, 3.63) is 0 Å². The third-order valence-corrected chi connectivity index (χ3v) is 7.52. The lowest BCUT2D eigenvalue weighted by Gasteiger charge is -2.56. The molecule has 0 heterocycles. The van der Waals surface area contributed by atoms with Gasteiger partial charge in [0, 0.05) is 13.1 Å². The summed E-state index contributed by atoms with van der Waals surface area (Å²) >= 11 is 0. The molecule has 4 aliphatic rings. The third-order valence-electron chi connectivity index (χ3n) is 5.29. The van der Waals surface area contributed by atoms with Crippen molar-refractivity contribution in [3.8, 4) is 0 Å². The summed E-state index contributed by atoms with van der Waals surface area (Å²) in [4.78, 5) is 0. The molecular weight excluding hydrogens is 230 g/mol. The standard InChI is InChI=1S/C14H25NOS/c1-3-15(4-2)17(16)14-8-11-5-12(9-14)7-13(6-11)10-14/h11-13H,3-10H2,1-2H3. The molecule has 1 unspecified atom stereocenters. The molecule has 98 valence electrons. The van der Waals surface area contributed by atoms with Crippen LogP contribution >= 0.6 is 0 Å². The van der Waals surface area contributed by atoms with Gasteiger partial charge in [-0.2, -0.15) is 0 Å². The molecule has 0 amide bonds. The Labute approximate surface area is 108 Å². The molecule has 4 rings (SSSR count). The van der Waals surface area contributed by atoms with Gasteiger partial charge in [-0.1, -0.05) is 13.8 Å². The summed E-state index contributed by atoms with van der Waals surface area (Å²) in [6.45, 7) is 6.15. The van der Waals surface area contributed by atoms with Crippen molar-refractivity contribution in [2.75, 3.05) is 13.1 Å². The molecule has 0 aromatic carbocycles. The Morgan fingerprint density at radius 2 is 1.41 bits per heavy atom. The van der Waals surface area contributed by atoms with Crippen LogP contribution in [0.3, 0.4) is 0 Å². The van der Waals surface area contributed by atoms with Crippen molar-refractivity contribution in [1.82, 2.24) is 4.31 Å². The van der Waals surface area contributed by atoms with E-state index >= 15 is 0 Å². The second-order valence-corrected chi connectivity index (χ2v) is 8.34. The van der Waals surface area contributed by atoms with Crippen LogP contribution in [-0.4, -0.2) is 26.4 Å². The lowest BCUT2D eigenvalue weighted by molar-refractivity contribution is 0.0341. The molecule has 0 spiro atoms. The molecule has 0 aliphatic heterocycles. The zero-order valence-electron chi connectivity index (χ0n) is 11.2. The highest BCUT2D eigenvalue weighted by atomic mass is 32.2. The molecule has 4 saturated carbocycles. The smallest absolute Gasteiger partial charge is 0.101 e. The van der Waals surface area contributed by atoms with Gasteiger partial charge in [-0.3, -0.25) is 0 Å². The van der Waals surface area contributed by atoms with E-state index in [-0.39, 0.29) is 4.75 Å². The zero-order valence-corrected chi connectivity index (χ0v) is 12.0. The monoisotopic (exact) mass is 255 g/mol. The Kier molecular flexibility index (Phi) is 3.10. The second-order valence-electron chi connectivity index (χ2n) is 6.46. The van der Waals surface area contributed by atoms with Gasteiger partial charge in [-0.15, -0.1) is 0 Å².